The van der Waals surface area contributed by atoms with Gasteiger partial charge in [-0.25, -0.2) is 0 Å². The van der Waals surface area contributed by atoms with Crippen molar-refractivity contribution in [3.63, 3.8) is 0 Å². The van der Waals surface area contributed by atoms with Crippen LogP contribution in [-0.2, 0) is 0 Å². The zero-order chi connectivity index (χ0) is 23.1. The highest BCUT2D eigenvalue weighted by molar-refractivity contribution is 6.20. The van der Waals surface area contributed by atoms with Crippen molar-refractivity contribution in [1.82, 2.24) is 0 Å². The molecule has 1 aliphatic heterocycles. The molecule has 0 radical (unpaired) electrons. The van der Waals surface area contributed by atoms with Crippen molar-refractivity contribution in [2.24, 2.45) is 10.4 Å². The monoisotopic (exact) mass is 440 g/mol. The smallest absolute Gasteiger partial charge is 0.255 e. The molecule has 1 saturated carbocycles. The number of hydrogen-bond donors (Lipinski definition) is 1. The highest BCUT2D eigenvalue weighted by Crippen LogP contribution is 2.41. The number of ketones is 1. The van der Waals surface area contributed by atoms with Crippen LogP contribution in [0.5, 0.6) is 5.75 Å². The maximum Gasteiger partial charge on any atom is 0.255 e. The average molecular weight is 441 g/mol. The van der Waals surface area contributed by atoms with Crippen LogP contribution in [-0.4, -0.2) is 24.5 Å². The van der Waals surface area contributed by atoms with Crippen molar-refractivity contribution in [3.8, 4) is 5.75 Å². The number of benzene rings is 2. The topological polar surface area (TPSA) is 67.8 Å². The van der Waals surface area contributed by atoms with E-state index < -0.39 is 5.41 Å². The first-order valence-corrected chi connectivity index (χ1v) is 11.3. The highest BCUT2D eigenvalue weighted by Gasteiger charge is 2.43. The molecule has 1 amide bonds. The van der Waals surface area contributed by atoms with Gasteiger partial charge in [-0.3, -0.25) is 14.6 Å². The first-order chi connectivity index (χ1) is 16.1. The van der Waals surface area contributed by atoms with E-state index in [-0.39, 0.29) is 11.7 Å². The summed E-state index contributed by atoms with van der Waals surface area (Å²) < 4.78 is 5.19. The summed E-state index contributed by atoms with van der Waals surface area (Å²) in [6, 6.07) is 14.1. The van der Waals surface area contributed by atoms with E-state index in [2.05, 4.69) is 10.3 Å². The molecule has 1 heterocycles. The number of ether oxygens (including phenoxy) is 1. The summed E-state index contributed by atoms with van der Waals surface area (Å²) in [7, 11) is 1.57. The molecule has 2 aromatic carbocycles. The van der Waals surface area contributed by atoms with Crippen LogP contribution in [0, 0.1) is 5.41 Å². The van der Waals surface area contributed by atoms with Gasteiger partial charge in [-0.2, -0.15) is 0 Å². The molecule has 2 aliphatic rings. The van der Waals surface area contributed by atoms with E-state index in [0.29, 0.717) is 22.6 Å². The van der Waals surface area contributed by atoms with Crippen LogP contribution in [0.1, 0.15) is 52.8 Å². The van der Waals surface area contributed by atoms with E-state index in [4.69, 9.17) is 4.74 Å². The van der Waals surface area contributed by atoms with Gasteiger partial charge < -0.3 is 10.1 Å². The summed E-state index contributed by atoms with van der Waals surface area (Å²) in [5, 5.41) is 2.89. The molecule has 0 atom stereocenters. The van der Waals surface area contributed by atoms with E-state index in [1.807, 2.05) is 30.4 Å². The Balaban J connectivity index is 1.55. The molecule has 4 rings (SSSR count). The van der Waals surface area contributed by atoms with Crippen LogP contribution >= 0.6 is 0 Å². The Hall–Kier alpha value is -3.73. The molecule has 0 bridgehead atoms. The molecule has 0 unspecified atom stereocenters. The lowest BCUT2D eigenvalue weighted by Gasteiger charge is -2.36. The predicted octanol–water partition coefficient (Wildman–Crippen LogP) is 6.16. The molecular weight excluding hydrogens is 412 g/mol. The fourth-order valence-electron chi connectivity index (χ4n) is 4.48. The maximum atomic E-state index is 13.8. The lowest BCUT2D eigenvalue weighted by Crippen LogP contribution is -2.40. The van der Waals surface area contributed by atoms with Crippen LogP contribution in [0.25, 0.3) is 0 Å². The number of hydrogen-bond acceptors (Lipinski definition) is 4. The minimum Gasteiger partial charge on any atom is -0.497 e. The first-order valence-electron chi connectivity index (χ1n) is 11.3. The number of methoxy groups -OCH3 is 1. The number of allylic oxidation sites excluding steroid dienone is 5. The second kappa shape index (κ2) is 10.3. The third kappa shape index (κ3) is 5.03. The first kappa shape index (κ1) is 22.5. The van der Waals surface area contributed by atoms with Crippen molar-refractivity contribution < 1.29 is 14.3 Å². The van der Waals surface area contributed by atoms with Crippen LogP contribution in [0.4, 0.5) is 5.69 Å². The number of amides is 1. The number of aliphatic imine (C=N–C) groups is 1. The van der Waals surface area contributed by atoms with E-state index in [1.54, 1.807) is 61.8 Å². The standard InChI is InChI=1S/C28H28N2O3/c1-33-24-11-9-10-22(20-24)27(32)30-23-15-13-21(14-16-23)26(31)28(17-6-4-7-18-28)25-12-5-2-3-8-19-29-25/h2-3,5,8-16,19-20H,4,6-7,17-18H2,1H3,(H,30,32). The van der Waals surface area contributed by atoms with Gasteiger partial charge in [0.15, 0.2) is 5.78 Å². The molecule has 1 N–H and O–H groups in total. The summed E-state index contributed by atoms with van der Waals surface area (Å²) in [6.07, 6.45) is 16.2. The maximum absolute atomic E-state index is 13.8. The number of carbonyl (C=O) groups excluding carboxylic acids is 2. The fraction of sp³-hybridized carbons (Fsp3) is 0.250. The van der Waals surface area contributed by atoms with Gasteiger partial charge in [0.2, 0.25) is 0 Å². The quantitative estimate of drug-likeness (QED) is 0.547. The van der Waals surface area contributed by atoms with Crippen molar-refractivity contribution in [3.05, 3.63) is 96.2 Å². The summed E-state index contributed by atoms with van der Waals surface area (Å²) >= 11 is 0. The minimum atomic E-state index is -0.615. The van der Waals surface area contributed by atoms with Crippen LogP contribution in [0.15, 0.2) is 90.1 Å². The third-order valence-corrected chi connectivity index (χ3v) is 6.26. The largest absolute Gasteiger partial charge is 0.497 e. The molecular formula is C28H28N2O3. The molecule has 5 heteroatoms. The molecule has 33 heavy (non-hydrogen) atoms. The number of carbonyl (C=O) groups is 2. The summed E-state index contributed by atoms with van der Waals surface area (Å²) in [4.78, 5) is 31.0. The molecule has 2 aromatic rings. The lowest BCUT2D eigenvalue weighted by atomic mass is 9.66. The summed E-state index contributed by atoms with van der Waals surface area (Å²) in [5.74, 6) is 0.484. The number of Topliss-reactive ketones (excluding diaryl/α,β-unsaturated/α-hetero) is 1. The normalized spacial score (nSPS) is 16.9. The Labute approximate surface area is 194 Å². The zero-order valence-corrected chi connectivity index (χ0v) is 18.8. The Morgan fingerprint density at radius 1 is 0.909 bits per heavy atom. The van der Waals surface area contributed by atoms with Gasteiger partial charge in [-0.05, 0) is 67.5 Å². The lowest BCUT2D eigenvalue weighted by molar-refractivity contribution is 0.0827. The van der Waals surface area contributed by atoms with E-state index in [0.717, 1.165) is 37.8 Å². The molecule has 0 saturated heterocycles. The number of nitrogens with zero attached hydrogens (tertiary/aromatic N) is 1. The fourth-order valence-corrected chi connectivity index (χ4v) is 4.48. The second-order valence-electron chi connectivity index (χ2n) is 8.34. The Morgan fingerprint density at radius 2 is 1.67 bits per heavy atom. The van der Waals surface area contributed by atoms with Crippen LogP contribution in [0.3, 0.4) is 0 Å². The van der Waals surface area contributed by atoms with Crippen molar-refractivity contribution in [1.29, 1.82) is 0 Å². The van der Waals surface area contributed by atoms with E-state index >= 15 is 0 Å². The molecule has 1 fully saturated rings. The minimum absolute atomic E-state index is 0.0919. The van der Waals surface area contributed by atoms with Gasteiger partial charge in [0, 0.05) is 23.0 Å². The van der Waals surface area contributed by atoms with Gasteiger partial charge in [-0.1, -0.05) is 43.6 Å². The third-order valence-electron chi connectivity index (χ3n) is 6.26. The molecule has 168 valence electrons. The predicted molar refractivity (Wildman–Crippen MR) is 132 cm³/mol. The Bertz CT molecular complexity index is 1130. The van der Waals surface area contributed by atoms with Crippen LogP contribution < -0.4 is 10.1 Å². The summed E-state index contributed by atoms with van der Waals surface area (Å²) in [5.41, 5.74) is 1.98. The average Bonchev–Trinajstić information content (AvgIpc) is 2.84. The number of anilines is 1. The highest BCUT2D eigenvalue weighted by atomic mass is 16.5. The van der Waals surface area contributed by atoms with Gasteiger partial charge in [0.1, 0.15) is 5.75 Å². The zero-order valence-electron chi connectivity index (χ0n) is 18.8. The van der Waals surface area contributed by atoms with E-state index in [1.165, 1.54) is 0 Å². The van der Waals surface area contributed by atoms with Gasteiger partial charge in [-0.15, -0.1) is 0 Å². The molecule has 0 spiro atoms. The SMILES string of the molecule is COc1cccc(C(=O)Nc2ccc(C(=O)C3(C4=NC=CC=CC=C4)CCCCC3)cc2)c1. The van der Waals surface area contributed by atoms with Crippen molar-refractivity contribution in [2.45, 2.75) is 32.1 Å². The van der Waals surface area contributed by atoms with Gasteiger partial charge in [0.25, 0.3) is 5.91 Å². The van der Waals surface area contributed by atoms with E-state index in [9.17, 15) is 9.59 Å². The van der Waals surface area contributed by atoms with Crippen molar-refractivity contribution in [2.75, 3.05) is 12.4 Å². The number of rotatable bonds is 6. The molecule has 5 nitrogen and oxygen atoms in total. The number of nitrogens with one attached hydrogen (secondary N) is 1. The van der Waals surface area contributed by atoms with Crippen molar-refractivity contribution >= 4 is 23.1 Å². The van der Waals surface area contributed by atoms with Gasteiger partial charge >= 0.3 is 0 Å². The Morgan fingerprint density at radius 3 is 2.42 bits per heavy atom. The Kier molecular flexibility index (Phi) is 6.98. The molecule has 1 aliphatic carbocycles. The summed E-state index contributed by atoms with van der Waals surface area (Å²) in [6.45, 7) is 0. The second-order valence-corrected chi connectivity index (χ2v) is 8.34. The molecule has 0 aromatic heterocycles. The van der Waals surface area contributed by atoms with Crippen LogP contribution in [0.2, 0.25) is 0 Å². The van der Waals surface area contributed by atoms with Gasteiger partial charge in [0.05, 0.1) is 18.2 Å².